The van der Waals surface area contributed by atoms with Crippen molar-refractivity contribution < 1.29 is 4.74 Å². The summed E-state index contributed by atoms with van der Waals surface area (Å²) in [4.78, 5) is 0. The van der Waals surface area contributed by atoms with Crippen LogP contribution < -0.4 is 5.32 Å². The first-order valence-electron chi connectivity index (χ1n) is 7.53. The summed E-state index contributed by atoms with van der Waals surface area (Å²) in [7, 11) is 2.01. The van der Waals surface area contributed by atoms with E-state index in [0.29, 0.717) is 12.0 Å². The fourth-order valence-electron chi connectivity index (χ4n) is 2.34. The van der Waals surface area contributed by atoms with Crippen molar-refractivity contribution in [3.63, 3.8) is 0 Å². The maximum absolute atomic E-state index is 5.80. The van der Waals surface area contributed by atoms with E-state index in [0.717, 1.165) is 25.6 Å². The second-order valence-corrected chi connectivity index (χ2v) is 6.16. The topological polar surface area (TPSA) is 21.3 Å². The number of nitrogens with one attached hydrogen (secondary N) is 1. The standard InChI is InChI=1S/C17H27NO/c1-13(2)10-14-6-8-16(9-7-14)17(18-3)12-19-11-15-4-5-15/h6-9,13,15,17-18H,4-5,10-12H2,1-3H3. The average Bonchev–Trinajstić information content (AvgIpc) is 3.19. The molecular formula is C17H27NO. The summed E-state index contributed by atoms with van der Waals surface area (Å²) >= 11 is 0. The van der Waals surface area contributed by atoms with Crippen LogP contribution in [0, 0.1) is 11.8 Å². The SMILES string of the molecule is CNC(COCC1CC1)c1ccc(CC(C)C)cc1. The van der Waals surface area contributed by atoms with Crippen molar-refractivity contribution >= 4 is 0 Å². The highest BCUT2D eigenvalue weighted by Crippen LogP contribution is 2.29. The van der Waals surface area contributed by atoms with E-state index in [9.17, 15) is 0 Å². The molecule has 1 unspecified atom stereocenters. The molecule has 1 saturated carbocycles. The van der Waals surface area contributed by atoms with E-state index < -0.39 is 0 Å². The predicted molar refractivity (Wildman–Crippen MR) is 80.3 cm³/mol. The molecule has 1 aliphatic rings. The van der Waals surface area contributed by atoms with Crippen molar-refractivity contribution in [3.05, 3.63) is 35.4 Å². The molecule has 1 fully saturated rings. The second-order valence-electron chi connectivity index (χ2n) is 6.16. The monoisotopic (exact) mass is 261 g/mol. The van der Waals surface area contributed by atoms with Crippen LogP contribution in [-0.4, -0.2) is 20.3 Å². The minimum Gasteiger partial charge on any atom is -0.379 e. The normalized spacial score (nSPS) is 16.8. The van der Waals surface area contributed by atoms with Crippen molar-refractivity contribution in [1.29, 1.82) is 0 Å². The molecule has 1 aromatic rings. The lowest BCUT2D eigenvalue weighted by atomic mass is 10.00. The quantitative estimate of drug-likeness (QED) is 0.772. The van der Waals surface area contributed by atoms with Gasteiger partial charge in [-0.25, -0.2) is 0 Å². The van der Waals surface area contributed by atoms with E-state index in [1.54, 1.807) is 0 Å². The van der Waals surface area contributed by atoms with Gasteiger partial charge in [-0.2, -0.15) is 0 Å². The molecule has 1 aromatic carbocycles. The van der Waals surface area contributed by atoms with Gasteiger partial charge in [-0.15, -0.1) is 0 Å². The highest BCUT2D eigenvalue weighted by molar-refractivity contribution is 5.25. The number of benzene rings is 1. The van der Waals surface area contributed by atoms with Crippen LogP contribution in [0.1, 0.15) is 43.9 Å². The molecule has 106 valence electrons. The molecule has 0 saturated heterocycles. The molecule has 2 rings (SSSR count). The number of rotatable bonds is 8. The molecule has 0 heterocycles. The van der Waals surface area contributed by atoms with Crippen LogP contribution in [0.25, 0.3) is 0 Å². The molecule has 2 heteroatoms. The summed E-state index contributed by atoms with van der Waals surface area (Å²) in [5, 5.41) is 3.35. The van der Waals surface area contributed by atoms with Crippen molar-refractivity contribution in [3.8, 4) is 0 Å². The molecule has 0 aromatic heterocycles. The Kier molecular flexibility index (Phi) is 5.41. The van der Waals surface area contributed by atoms with Crippen LogP contribution in [0.4, 0.5) is 0 Å². The minimum atomic E-state index is 0.312. The van der Waals surface area contributed by atoms with Crippen LogP contribution in [0.2, 0.25) is 0 Å². The van der Waals surface area contributed by atoms with E-state index in [4.69, 9.17) is 4.74 Å². The van der Waals surface area contributed by atoms with Crippen molar-refractivity contribution in [2.24, 2.45) is 11.8 Å². The van der Waals surface area contributed by atoms with Crippen LogP contribution in [-0.2, 0) is 11.2 Å². The van der Waals surface area contributed by atoms with Gasteiger partial charge in [0, 0.05) is 6.61 Å². The Balaban J connectivity index is 1.85. The van der Waals surface area contributed by atoms with Gasteiger partial charge in [0.15, 0.2) is 0 Å². The zero-order valence-electron chi connectivity index (χ0n) is 12.5. The summed E-state index contributed by atoms with van der Waals surface area (Å²) in [5.41, 5.74) is 2.75. The smallest absolute Gasteiger partial charge is 0.0661 e. The van der Waals surface area contributed by atoms with E-state index in [1.165, 1.54) is 24.0 Å². The maximum Gasteiger partial charge on any atom is 0.0661 e. The third-order valence-corrected chi connectivity index (χ3v) is 3.71. The van der Waals surface area contributed by atoms with E-state index in [2.05, 4.69) is 43.4 Å². The van der Waals surface area contributed by atoms with E-state index >= 15 is 0 Å². The zero-order chi connectivity index (χ0) is 13.7. The summed E-state index contributed by atoms with van der Waals surface area (Å²) in [6.07, 6.45) is 3.87. The first-order valence-corrected chi connectivity index (χ1v) is 7.53. The number of hydrogen-bond acceptors (Lipinski definition) is 2. The summed E-state index contributed by atoms with van der Waals surface area (Å²) < 4.78 is 5.80. The highest BCUT2D eigenvalue weighted by atomic mass is 16.5. The summed E-state index contributed by atoms with van der Waals surface area (Å²) in [5.74, 6) is 1.55. The van der Waals surface area contributed by atoms with Gasteiger partial charge < -0.3 is 10.1 Å². The lowest BCUT2D eigenvalue weighted by Gasteiger charge is -2.17. The fourth-order valence-corrected chi connectivity index (χ4v) is 2.34. The summed E-state index contributed by atoms with van der Waals surface area (Å²) in [6.45, 7) is 6.23. The van der Waals surface area contributed by atoms with Gasteiger partial charge in [0.1, 0.15) is 0 Å². The Morgan fingerprint density at radius 2 is 1.89 bits per heavy atom. The fraction of sp³-hybridized carbons (Fsp3) is 0.647. The molecule has 0 bridgehead atoms. The van der Waals surface area contributed by atoms with Crippen molar-refractivity contribution in [2.75, 3.05) is 20.3 Å². The molecule has 0 radical (unpaired) electrons. The Morgan fingerprint density at radius 1 is 1.21 bits per heavy atom. The van der Waals surface area contributed by atoms with Gasteiger partial charge in [0.05, 0.1) is 12.6 Å². The predicted octanol–water partition coefficient (Wildman–Crippen LogP) is 3.57. The molecule has 2 nitrogen and oxygen atoms in total. The van der Waals surface area contributed by atoms with Gasteiger partial charge >= 0.3 is 0 Å². The number of hydrogen-bond donors (Lipinski definition) is 1. The van der Waals surface area contributed by atoms with Crippen LogP contribution >= 0.6 is 0 Å². The van der Waals surface area contributed by atoms with E-state index in [-0.39, 0.29) is 0 Å². The molecule has 1 N–H and O–H groups in total. The first kappa shape index (κ1) is 14.5. The average molecular weight is 261 g/mol. The Labute approximate surface area is 117 Å². The lowest BCUT2D eigenvalue weighted by Crippen LogP contribution is -2.22. The van der Waals surface area contributed by atoms with Crippen molar-refractivity contribution in [2.45, 2.75) is 39.2 Å². The van der Waals surface area contributed by atoms with Gasteiger partial charge in [-0.1, -0.05) is 38.1 Å². The van der Waals surface area contributed by atoms with Gasteiger partial charge in [0.2, 0.25) is 0 Å². The Morgan fingerprint density at radius 3 is 2.42 bits per heavy atom. The molecule has 1 atom stereocenters. The minimum absolute atomic E-state index is 0.312. The molecule has 0 amide bonds. The first-order chi connectivity index (χ1) is 9.19. The van der Waals surface area contributed by atoms with Crippen LogP contribution in [0.3, 0.4) is 0 Å². The van der Waals surface area contributed by atoms with E-state index in [1.807, 2.05) is 7.05 Å². The maximum atomic E-state index is 5.80. The Bertz CT molecular complexity index is 367. The third-order valence-electron chi connectivity index (χ3n) is 3.71. The molecule has 0 spiro atoms. The largest absolute Gasteiger partial charge is 0.379 e. The van der Waals surface area contributed by atoms with Crippen LogP contribution in [0.15, 0.2) is 24.3 Å². The summed E-state index contributed by atoms with van der Waals surface area (Å²) in [6, 6.07) is 9.28. The number of likely N-dealkylation sites (N-methyl/N-ethyl adjacent to an activating group) is 1. The third kappa shape index (κ3) is 4.96. The molecule has 0 aliphatic heterocycles. The second kappa shape index (κ2) is 7.06. The zero-order valence-corrected chi connectivity index (χ0v) is 12.5. The number of ether oxygens (including phenoxy) is 1. The highest BCUT2D eigenvalue weighted by Gasteiger charge is 2.21. The molecule has 19 heavy (non-hydrogen) atoms. The van der Waals surface area contributed by atoms with Gasteiger partial charge in [-0.05, 0) is 49.3 Å². The van der Waals surface area contributed by atoms with Crippen LogP contribution in [0.5, 0.6) is 0 Å². The Hall–Kier alpha value is -0.860. The molecule has 1 aliphatic carbocycles. The lowest BCUT2D eigenvalue weighted by molar-refractivity contribution is 0.105. The van der Waals surface area contributed by atoms with Gasteiger partial charge in [-0.3, -0.25) is 0 Å². The van der Waals surface area contributed by atoms with Crippen molar-refractivity contribution in [1.82, 2.24) is 5.32 Å². The molecular weight excluding hydrogens is 234 g/mol. The van der Waals surface area contributed by atoms with Gasteiger partial charge in [0.25, 0.3) is 0 Å².